The molecule has 108 valence electrons. The summed E-state index contributed by atoms with van der Waals surface area (Å²) in [5.74, 6) is 1.53. The first-order valence-corrected chi connectivity index (χ1v) is 7.41. The van der Waals surface area contributed by atoms with Crippen LogP contribution in [-0.4, -0.2) is 38.1 Å². The molecule has 0 saturated heterocycles. The quantitative estimate of drug-likeness (QED) is 0.848. The number of thiophene rings is 1. The van der Waals surface area contributed by atoms with Crippen LogP contribution in [-0.2, 0) is 0 Å². The highest BCUT2D eigenvalue weighted by molar-refractivity contribution is 7.20. The lowest BCUT2D eigenvalue weighted by atomic mass is 10.2. The zero-order valence-electron chi connectivity index (χ0n) is 12.2. The van der Waals surface area contributed by atoms with E-state index in [1.165, 1.54) is 11.3 Å². The molecular weight excluding hydrogens is 274 g/mol. The van der Waals surface area contributed by atoms with Crippen LogP contribution in [0.25, 0.3) is 10.1 Å². The number of benzene rings is 1. The van der Waals surface area contributed by atoms with Crippen molar-refractivity contribution in [3.8, 4) is 11.5 Å². The smallest absolute Gasteiger partial charge is 0.263 e. The number of fused-ring (bicyclic) bond motifs is 1. The minimum absolute atomic E-state index is 0.0669. The Morgan fingerprint density at radius 3 is 2.40 bits per heavy atom. The van der Waals surface area contributed by atoms with Crippen molar-refractivity contribution in [3.63, 3.8) is 0 Å². The van der Waals surface area contributed by atoms with Crippen LogP contribution < -0.4 is 9.47 Å². The van der Waals surface area contributed by atoms with E-state index in [1.807, 2.05) is 36.9 Å². The average molecular weight is 293 g/mol. The number of hydrogen-bond acceptors (Lipinski definition) is 4. The molecule has 1 aromatic heterocycles. The van der Waals surface area contributed by atoms with Crippen molar-refractivity contribution in [2.24, 2.45) is 0 Å². The summed E-state index contributed by atoms with van der Waals surface area (Å²) < 4.78 is 11.6. The summed E-state index contributed by atoms with van der Waals surface area (Å²) in [6.45, 7) is 5.39. The molecule has 0 saturated carbocycles. The molecule has 0 radical (unpaired) electrons. The predicted molar refractivity (Wildman–Crippen MR) is 82.2 cm³/mol. The summed E-state index contributed by atoms with van der Waals surface area (Å²) in [6, 6.07) is 5.67. The summed E-state index contributed by atoms with van der Waals surface area (Å²) >= 11 is 1.47. The number of carbonyl (C=O) groups excluding carboxylic acids is 1. The summed E-state index contributed by atoms with van der Waals surface area (Å²) in [5, 5.41) is 0.953. The molecule has 0 unspecified atom stereocenters. The number of nitrogens with zero attached hydrogens (tertiary/aromatic N) is 1. The minimum atomic E-state index is 0.0669. The Morgan fingerprint density at radius 2 is 1.85 bits per heavy atom. The van der Waals surface area contributed by atoms with Crippen LogP contribution in [0.1, 0.15) is 23.5 Å². The predicted octanol–water partition coefficient (Wildman–Crippen LogP) is 3.40. The van der Waals surface area contributed by atoms with Gasteiger partial charge in [-0.15, -0.1) is 11.3 Å². The van der Waals surface area contributed by atoms with Gasteiger partial charge in [0.25, 0.3) is 5.91 Å². The molecule has 2 rings (SSSR count). The van der Waals surface area contributed by atoms with Gasteiger partial charge in [0, 0.05) is 29.2 Å². The molecule has 4 nitrogen and oxygen atoms in total. The molecule has 1 heterocycles. The third-order valence-corrected chi connectivity index (χ3v) is 4.36. The highest BCUT2D eigenvalue weighted by Gasteiger charge is 2.17. The average Bonchev–Trinajstić information content (AvgIpc) is 2.91. The van der Waals surface area contributed by atoms with Gasteiger partial charge in [-0.1, -0.05) is 0 Å². The highest BCUT2D eigenvalue weighted by atomic mass is 32.1. The molecule has 20 heavy (non-hydrogen) atoms. The highest BCUT2D eigenvalue weighted by Crippen LogP contribution is 2.37. The Bertz CT molecular complexity index is 617. The molecule has 0 spiro atoms. The fourth-order valence-electron chi connectivity index (χ4n) is 2.14. The van der Waals surface area contributed by atoms with E-state index >= 15 is 0 Å². The zero-order chi connectivity index (χ0) is 14.7. The molecule has 0 N–H and O–H groups in total. The van der Waals surface area contributed by atoms with Gasteiger partial charge in [0.15, 0.2) is 0 Å². The fourth-order valence-corrected chi connectivity index (χ4v) is 3.22. The third kappa shape index (κ3) is 2.58. The SMILES string of the molecule is CCN(CC)C(=O)c1cc2c(OC)cc(OC)cc2s1. The molecule has 0 bridgehead atoms. The van der Waals surface area contributed by atoms with Gasteiger partial charge in [-0.25, -0.2) is 0 Å². The third-order valence-electron chi connectivity index (χ3n) is 3.29. The van der Waals surface area contributed by atoms with Crippen molar-refractivity contribution in [2.45, 2.75) is 13.8 Å². The van der Waals surface area contributed by atoms with E-state index in [0.29, 0.717) is 13.1 Å². The monoisotopic (exact) mass is 293 g/mol. The van der Waals surface area contributed by atoms with Crippen LogP contribution in [0.3, 0.4) is 0 Å². The number of rotatable bonds is 5. The Hall–Kier alpha value is -1.75. The lowest BCUT2D eigenvalue weighted by molar-refractivity contribution is 0.0778. The first-order valence-electron chi connectivity index (χ1n) is 6.59. The van der Waals surface area contributed by atoms with Gasteiger partial charge in [0.05, 0.1) is 19.1 Å². The summed E-state index contributed by atoms with van der Waals surface area (Å²) in [6.07, 6.45) is 0. The van der Waals surface area contributed by atoms with Crippen LogP contribution in [0.2, 0.25) is 0 Å². The van der Waals surface area contributed by atoms with E-state index in [9.17, 15) is 4.79 Å². The number of ether oxygens (including phenoxy) is 2. The molecule has 0 aliphatic carbocycles. The van der Waals surface area contributed by atoms with Gasteiger partial charge in [-0.2, -0.15) is 0 Å². The largest absolute Gasteiger partial charge is 0.497 e. The molecule has 0 aliphatic heterocycles. The summed E-state index contributed by atoms with van der Waals surface area (Å²) in [7, 11) is 3.24. The zero-order valence-corrected chi connectivity index (χ0v) is 13.0. The molecule has 5 heteroatoms. The van der Waals surface area contributed by atoms with Crippen LogP contribution in [0.4, 0.5) is 0 Å². The number of methoxy groups -OCH3 is 2. The van der Waals surface area contributed by atoms with Crippen molar-refractivity contribution in [2.75, 3.05) is 27.3 Å². The van der Waals surface area contributed by atoms with Gasteiger partial charge < -0.3 is 14.4 Å². The van der Waals surface area contributed by atoms with Gasteiger partial charge in [-0.3, -0.25) is 4.79 Å². The Kier molecular flexibility index (Phi) is 4.49. The minimum Gasteiger partial charge on any atom is -0.497 e. The van der Waals surface area contributed by atoms with E-state index in [1.54, 1.807) is 14.2 Å². The lowest BCUT2D eigenvalue weighted by Gasteiger charge is -2.17. The Morgan fingerprint density at radius 1 is 1.15 bits per heavy atom. The van der Waals surface area contributed by atoms with E-state index in [0.717, 1.165) is 26.5 Å². The van der Waals surface area contributed by atoms with Crippen LogP contribution >= 0.6 is 11.3 Å². The van der Waals surface area contributed by atoms with Crippen molar-refractivity contribution in [1.29, 1.82) is 0 Å². The molecule has 1 aromatic carbocycles. The second kappa shape index (κ2) is 6.13. The number of carbonyl (C=O) groups is 1. The molecule has 0 atom stereocenters. The number of hydrogen-bond donors (Lipinski definition) is 0. The maximum atomic E-state index is 12.4. The van der Waals surface area contributed by atoms with Gasteiger partial charge >= 0.3 is 0 Å². The molecule has 1 amide bonds. The van der Waals surface area contributed by atoms with Crippen molar-refractivity contribution in [3.05, 3.63) is 23.1 Å². The van der Waals surface area contributed by atoms with E-state index in [4.69, 9.17) is 9.47 Å². The van der Waals surface area contributed by atoms with E-state index in [2.05, 4.69) is 0 Å². The van der Waals surface area contributed by atoms with Crippen molar-refractivity contribution < 1.29 is 14.3 Å². The Balaban J connectivity index is 2.50. The van der Waals surface area contributed by atoms with Crippen LogP contribution in [0.5, 0.6) is 11.5 Å². The van der Waals surface area contributed by atoms with Crippen LogP contribution in [0.15, 0.2) is 18.2 Å². The van der Waals surface area contributed by atoms with Gasteiger partial charge in [0.1, 0.15) is 11.5 Å². The first-order chi connectivity index (χ1) is 9.64. The van der Waals surface area contributed by atoms with Crippen LogP contribution in [0, 0.1) is 0 Å². The molecule has 2 aromatic rings. The molecule has 0 aliphatic rings. The molecule has 0 fully saturated rings. The topological polar surface area (TPSA) is 38.8 Å². The summed E-state index contributed by atoms with van der Waals surface area (Å²) in [4.78, 5) is 14.9. The Labute approximate surface area is 122 Å². The normalized spacial score (nSPS) is 10.6. The van der Waals surface area contributed by atoms with Gasteiger partial charge in [0.2, 0.25) is 0 Å². The maximum Gasteiger partial charge on any atom is 0.263 e. The summed E-state index contributed by atoms with van der Waals surface area (Å²) in [5.41, 5.74) is 0. The van der Waals surface area contributed by atoms with Crippen molar-refractivity contribution >= 4 is 27.3 Å². The van der Waals surface area contributed by atoms with E-state index < -0.39 is 0 Å². The van der Waals surface area contributed by atoms with E-state index in [-0.39, 0.29) is 5.91 Å². The second-order valence-electron chi connectivity index (χ2n) is 4.33. The lowest BCUT2D eigenvalue weighted by Crippen LogP contribution is -2.29. The first kappa shape index (κ1) is 14.7. The number of amides is 1. The maximum absolute atomic E-state index is 12.4. The fraction of sp³-hybridized carbons (Fsp3) is 0.400. The molecular formula is C15H19NO3S. The standard InChI is InChI=1S/C15H19NO3S/c1-5-16(6-2)15(17)14-9-11-12(19-4)7-10(18-3)8-13(11)20-14/h7-9H,5-6H2,1-4H3. The second-order valence-corrected chi connectivity index (χ2v) is 5.41. The van der Waals surface area contributed by atoms with Crippen molar-refractivity contribution in [1.82, 2.24) is 4.90 Å². The van der Waals surface area contributed by atoms with Gasteiger partial charge in [-0.05, 0) is 26.0 Å².